The van der Waals surface area contributed by atoms with Crippen LogP contribution in [0.1, 0.15) is 6.92 Å². The number of likely N-dealkylation sites (N-methyl/N-ethyl adjacent to an activating group) is 1. The molecule has 1 fully saturated rings. The maximum atomic E-state index is 9.37. The molecule has 3 nitrogen and oxygen atoms in total. The molecule has 0 aliphatic carbocycles. The summed E-state index contributed by atoms with van der Waals surface area (Å²) in [6.07, 6.45) is 0. The van der Waals surface area contributed by atoms with Crippen molar-refractivity contribution in [1.29, 1.82) is 0 Å². The first-order valence-corrected chi connectivity index (χ1v) is 6.33. The van der Waals surface area contributed by atoms with E-state index in [4.69, 9.17) is 11.6 Å². The molecule has 1 aliphatic rings. The van der Waals surface area contributed by atoms with E-state index >= 15 is 0 Å². The molecule has 1 saturated heterocycles. The van der Waals surface area contributed by atoms with Crippen molar-refractivity contribution in [3.05, 3.63) is 29.3 Å². The van der Waals surface area contributed by atoms with Gasteiger partial charge in [0.05, 0.1) is 12.6 Å². The molecule has 1 heterocycles. The second kappa shape index (κ2) is 5.25. The van der Waals surface area contributed by atoms with Crippen LogP contribution in [-0.4, -0.2) is 48.8 Å². The lowest BCUT2D eigenvalue weighted by molar-refractivity contribution is 0.122. The highest BCUT2D eigenvalue weighted by Gasteiger charge is 2.28. The summed E-state index contributed by atoms with van der Waals surface area (Å²) in [6, 6.07) is 8.56. The number of aliphatic hydroxyl groups excluding tert-OH is 1. The summed E-state index contributed by atoms with van der Waals surface area (Å²) in [6.45, 7) is 4.23. The van der Waals surface area contributed by atoms with Crippen molar-refractivity contribution in [2.24, 2.45) is 0 Å². The summed E-state index contributed by atoms with van der Waals surface area (Å²) < 4.78 is 0. The van der Waals surface area contributed by atoms with Crippen molar-refractivity contribution < 1.29 is 5.11 Å². The number of aliphatic hydroxyl groups is 1. The number of hydrogen-bond acceptors (Lipinski definition) is 3. The average molecular weight is 255 g/mol. The van der Waals surface area contributed by atoms with Crippen LogP contribution in [0.2, 0.25) is 5.02 Å². The molecule has 2 rings (SSSR count). The van der Waals surface area contributed by atoms with E-state index in [1.54, 1.807) is 0 Å². The highest BCUT2D eigenvalue weighted by molar-refractivity contribution is 6.30. The van der Waals surface area contributed by atoms with Gasteiger partial charge in [-0.15, -0.1) is 0 Å². The monoisotopic (exact) mass is 254 g/mol. The summed E-state index contributed by atoms with van der Waals surface area (Å²) in [5.74, 6) is 0. The molecule has 1 aliphatic heterocycles. The van der Waals surface area contributed by atoms with E-state index in [1.807, 2.05) is 24.3 Å². The van der Waals surface area contributed by atoms with Crippen molar-refractivity contribution in [1.82, 2.24) is 4.90 Å². The van der Waals surface area contributed by atoms with Crippen LogP contribution in [-0.2, 0) is 0 Å². The standard InChI is InChI=1S/C13H19ClN2O/c1-10-7-15(2)13(9-17)8-16(10)12-5-3-11(14)4-6-12/h3-6,10,13,17H,7-9H2,1-2H3. The Morgan fingerprint density at radius 3 is 2.53 bits per heavy atom. The number of hydrogen-bond donors (Lipinski definition) is 1. The molecule has 4 heteroatoms. The second-order valence-corrected chi connectivity index (χ2v) is 5.19. The Morgan fingerprint density at radius 2 is 1.94 bits per heavy atom. The number of anilines is 1. The normalized spacial score (nSPS) is 26.2. The zero-order valence-electron chi connectivity index (χ0n) is 10.3. The molecule has 0 radical (unpaired) electrons. The lowest BCUT2D eigenvalue weighted by Gasteiger charge is -2.44. The highest BCUT2D eigenvalue weighted by Crippen LogP contribution is 2.24. The molecule has 0 spiro atoms. The Morgan fingerprint density at radius 1 is 1.29 bits per heavy atom. The molecule has 17 heavy (non-hydrogen) atoms. The summed E-state index contributed by atoms with van der Waals surface area (Å²) in [5, 5.41) is 10.1. The van der Waals surface area contributed by atoms with E-state index < -0.39 is 0 Å². The molecule has 2 unspecified atom stereocenters. The molecule has 0 saturated carbocycles. The number of nitrogens with zero attached hydrogens (tertiary/aromatic N) is 2. The molecule has 0 amide bonds. The Bertz CT molecular complexity index is 368. The number of halogens is 1. The smallest absolute Gasteiger partial charge is 0.0604 e. The van der Waals surface area contributed by atoms with Crippen LogP contribution < -0.4 is 4.90 Å². The third kappa shape index (κ3) is 2.73. The lowest BCUT2D eigenvalue weighted by Crippen LogP contribution is -2.57. The van der Waals surface area contributed by atoms with Crippen LogP contribution in [0.4, 0.5) is 5.69 Å². The van der Waals surface area contributed by atoms with Gasteiger partial charge in [-0.1, -0.05) is 11.6 Å². The first kappa shape index (κ1) is 12.7. The van der Waals surface area contributed by atoms with Crippen LogP contribution >= 0.6 is 11.6 Å². The fraction of sp³-hybridized carbons (Fsp3) is 0.538. The lowest BCUT2D eigenvalue weighted by atomic mass is 10.1. The van der Waals surface area contributed by atoms with Crippen LogP contribution in [0, 0.1) is 0 Å². The van der Waals surface area contributed by atoms with E-state index in [0.29, 0.717) is 6.04 Å². The van der Waals surface area contributed by atoms with Gasteiger partial charge in [-0.2, -0.15) is 0 Å². The molecule has 0 aromatic heterocycles. The molecular weight excluding hydrogens is 236 g/mol. The van der Waals surface area contributed by atoms with E-state index in [1.165, 1.54) is 5.69 Å². The van der Waals surface area contributed by atoms with Gasteiger partial charge in [0.15, 0.2) is 0 Å². The van der Waals surface area contributed by atoms with Crippen LogP contribution in [0.5, 0.6) is 0 Å². The van der Waals surface area contributed by atoms with Gasteiger partial charge in [-0.25, -0.2) is 0 Å². The van der Waals surface area contributed by atoms with Gasteiger partial charge in [0, 0.05) is 29.8 Å². The van der Waals surface area contributed by atoms with Crippen molar-refractivity contribution >= 4 is 17.3 Å². The fourth-order valence-corrected chi connectivity index (χ4v) is 2.53. The maximum Gasteiger partial charge on any atom is 0.0604 e. The van der Waals surface area contributed by atoms with Gasteiger partial charge in [-0.3, -0.25) is 4.90 Å². The molecular formula is C13H19ClN2O. The first-order valence-electron chi connectivity index (χ1n) is 5.95. The molecule has 94 valence electrons. The minimum Gasteiger partial charge on any atom is -0.395 e. The zero-order chi connectivity index (χ0) is 12.4. The van der Waals surface area contributed by atoms with Gasteiger partial charge in [-0.05, 0) is 38.2 Å². The summed E-state index contributed by atoms with van der Waals surface area (Å²) >= 11 is 5.90. The van der Waals surface area contributed by atoms with E-state index in [0.717, 1.165) is 18.1 Å². The van der Waals surface area contributed by atoms with Crippen LogP contribution in [0.3, 0.4) is 0 Å². The third-order valence-corrected chi connectivity index (χ3v) is 3.74. The van der Waals surface area contributed by atoms with Crippen molar-refractivity contribution in [2.75, 3.05) is 31.6 Å². The maximum absolute atomic E-state index is 9.37. The number of benzene rings is 1. The Labute approximate surface area is 108 Å². The first-order chi connectivity index (χ1) is 8.11. The van der Waals surface area contributed by atoms with Gasteiger partial charge in [0.25, 0.3) is 0 Å². The highest BCUT2D eigenvalue weighted by atomic mass is 35.5. The molecule has 1 aromatic carbocycles. The molecule has 1 aromatic rings. The Balaban J connectivity index is 2.17. The number of piperazine rings is 1. The van der Waals surface area contributed by atoms with Gasteiger partial charge in [0.2, 0.25) is 0 Å². The minimum absolute atomic E-state index is 0.202. The van der Waals surface area contributed by atoms with E-state index in [2.05, 4.69) is 23.8 Å². The Hall–Kier alpha value is -0.770. The van der Waals surface area contributed by atoms with Gasteiger partial charge >= 0.3 is 0 Å². The topological polar surface area (TPSA) is 26.7 Å². The van der Waals surface area contributed by atoms with Gasteiger partial charge < -0.3 is 10.0 Å². The van der Waals surface area contributed by atoms with Crippen molar-refractivity contribution in [3.8, 4) is 0 Å². The van der Waals surface area contributed by atoms with Crippen molar-refractivity contribution in [2.45, 2.75) is 19.0 Å². The summed E-state index contributed by atoms with van der Waals surface area (Å²) in [4.78, 5) is 4.55. The number of rotatable bonds is 2. The minimum atomic E-state index is 0.202. The quantitative estimate of drug-likeness (QED) is 0.873. The predicted molar refractivity (Wildman–Crippen MR) is 71.8 cm³/mol. The van der Waals surface area contributed by atoms with Gasteiger partial charge in [0.1, 0.15) is 0 Å². The van der Waals surface area contributed by atoms with Crippen LogP contribution in [0.15, 0.2) is 24.3 Å². The average Bonchev–Trinajstić information content (AvgIpc) is 2.31. The van der Waals surface area contributed by atoms with Crippen LogP contribution in [0.25, 0.3) is 0 Å². The fourth-order valence-electron chi connectivity index (χ4n) is 2.40. The van der Waals surface area contributed by atoms with E-state index in [9.17, 15) is 5.11 Å². The van der Waals surface area contributed by atoms with E-state index in [-0.39, 0.29) is 12.6 Å². The largest absolute Gasteiger partial charge is 0.395 e. The molecule has 0 bridgehead atoms. The molecule has 1 N–H and O–H groups in total. The Kier molecular flexibility index (Phi) is 3.92. The zero-order valence-corrected chi connectivity index (χ0v) is 11.1. The summed E-state index contributed by atoms with van der Waals surface area (Å²) in [5.41, 5.74) is 1.17. The predicted octanol–water partition coefficient (Wildman–Crippen LogP) is 1.84. The summed E-state index contributed by atoms with van der Waals surface area (Å²) in [7, 11) is 2.07. The second-order valence-electron chi connectivity index (χ2n) is 4.75. The van der Waals surface area contributed by atoms with Crippen molar-refractivity contribution in [3.63, 3.8) is 0 Å². The third-order valence-electron chi connectivity index (χ3n) is 3.48. The molecule has 2 atom stereocenters. The SMILES string of the molecule is CC1CN(C)C(CO)CN1c1ccc(Cl)cc1.